The summed E-state index contributed by atoms with van der Waals surface area (Å²) < 4.78 is 31.1. The van der Waals surface area contributed by atoms with Gasteiger partial charge >= 0.3 is 5.97 Å². The molecular formula is C36H44BrF2N5O7. The molecule has 51 heavy (non-hydrogen) atoms. The summed E-state index contributed by atoms with van der Waals surface area (Å²) in [4.78, 5) is 63.2. The number of carbonyl (C=O) groups is 5. The number of ketones is 1. The Labute approximate surface area is 303 Å². The maximum atomic E-state index is 15.0. The van der Waals surface area contributed by atoms with Crippen molar-refractivity contribution in [1.29, 1.82) is 0 Å². The van der Waals surface area contributed by atoms with Crippen LogP contribution >= 0.6 is 15.9 Å². The van der Waals surface area contributed by atoms with E-state index in [1.807, 2.05) is 55.7 Å². The molecule has 0 spiro atoms. The predicted octanol–water partition coefficient (Wildman–Crippen LogP) is 3.54. The van der Waals surface area contributed by atoms with Gasteiger partial charge in [-0.05, 0) is 48.1 Å². The lowest BCUT2D eigenvalue weighted by Gasteiger charge is -2.41. The number of aromatic nitrogens is 1. The fourth-order valence-corrected chi connectivity index (χ4v) is 5.88. The summed E-state index contributed by atoms with van der Waals surface area (Å²) in [5.41, 5.74) is 7.31. The van der Waals surface area contributed by atoms with E-state index in [9.17, 15) is 43.0 Å². The van der Waals surface area contributed by atoms with Crippen LogP contribution in [0.3, 0.4) is 0 Å². The first-order valence-electron chi connectivity index (χ1n) is 16.3. The molecule has 3 rings (SSSR count). The number of nitrogens with zero attached hydrogens (tertiary/aromatic N) is 2. The van der Waals surface area contributed by atoms with Crippen molar-refractivity contribution in [3.8, 4) is 11.1 Å². The Kier molecular flexibility index (Phi) is 15.0. The lowest BCUT2D eigenvalue weighted by atomic mass is 9.82. The van der Waals surface area contributed by atoms with Crippen LogP contribution in [-0.2, 0) is 30.5 Å². The summed E-state index contributed by atoms with van der Waals surface area (Å²) in [7, 11) is 0. The molecule has 15 heteroatoms. The largest absolute Gasteiger partial charge is 0.480 e. The Morgan fingerprint density at radius 1 is 1.02 bits per heavy atom. The number of rotatable bonds is 18. The van der Waals surface area contributed by atoms with Crippen LogP contribution in [0.25, 0.3) is 11.1 Å². The normalized spacial score (nSPS) is 13.2. The Morgan fingerprint density at radius 3 is 2.31 bits per heavy atom. The topological polar surface area (TPSA) is 184 Å². The molecule has 0 unspecified atom stereocenters. The number of aliphatic carboxylic acids is 1. The molecule has 3 atom stereocenters. The number of Topliss-reactive ketones (excluding diaryl/α,β-unsaturated/α-hetero) is 1. The lowest BCUT2D eigenvalue weighted by molar-refractivity contribution is -0.142. The number of aliphatic hydroxyl groups is 1. The fraction of sp³-hybridized carbons (Fsp3) is 0.417. The zero-order chi connectivity index (χ0) is 37.9. The van der Waals surface area contributed by atoms with Crippen molar-refractivity contribution in [2.45, 2.75) is 64.7 Å². The number of halogens is 3. The van der Waals surface area contributed by atoms with E-state index in [1.54, 1.807) is 12.3 Å². The number of hydrogen-bond acceptors (Lipinski definition) is 7. The highest BCUT2D eigenvalue weighted by atomic mass is 79.9. The zero-order valence-electron chi connectivity index (χ0n) is 28.7. The first-order valence-corrected chi connectivity index (χ1v) is 17.4. The first kappa shape index (κ1) is 41.0. The van der Waals surface area contributed by atoms with Gasteiger partial charge in [0.2, 0.25) is 17.7 Å². The summed E-state index contributed by atoms with van der Waals surface area (Å²) in [6.07, 6.45) is 1.06. The van der Waals surface area contributed by atoms with E-state index in [0.29, 0.717) is 17.8 Å². The van der Waals surface area contributed by atoms with Crippen LogP contribution in [0.1, 0.15) is 57.3 Å². The zero-order valence-corrected chi connectivity index (χ0v) is 30.3. The van der Waals surface area contributed by atoms with Crippen molar-refractivity contribution >= 4 is 45.4 Å². The average Bonchev–Trinajstić information content (AvgIpc) is 3.49. The molecule has 6 N–H and O–H groups in total. The molecule has 12 nitrogen and oxygen atoms in total. The lowest BCUT2D eigenvalue weighted by Crippen LogP contribution is -2.50. The standard InChI is InChI=1S/C36H44BrF2N5O7/c1-36(2,3)33(30-15-23(26-16-24(38)9-11-27(26)39)20-43(30)19-22-7-5-4-6-8-22)44(32(48)21-45)14-13-28(40)34(49)42-29(35(50)51)12-10-25(46)18-41-31(47)17-37/h4-9,11,15-16,20,28-29,33,45H,10,12-14,17-19,21,40H2,1-3H3,(H,41,47)(H,42,49)(H,50,51)/t28-,29+,33-/m0/s1. The maximum Gasteiger partial charge on any atom is 0.326 e. The highest BCUT2D eigenvalue weighted by Gasteiger charge is 2.37. The van der Waals surface area contributed by atoms with Gasteiger partial charge in [-0.2, -0.15) is 0 Å². The van der Waals surface area contributed by atoms with Crippen LogP contribution in [0.15, 0.2) is 60.8 Å². The monoisotopic (exact) mass is 775 g/mol. The Balaban J connectivity index is 1.90. The highest BCUT2D eigenvalue weighted by Crippen LogP contribution is 2.41. The molecule has 0 aliphatic heterocycles. The number of carboxylic acids is 1. The van der Waals surface area contributed by atoms with E-state index in [1.165, 1.54) is 4.90 Å². The van der Waals surface area contributed by atoms with Crippen molar-refractivity contribution in [2.75, 3.05) is 25.0 Å². The summed E-state index contributed by atoms with van der Waals surface area (Å²) in [5.74, 6) is -5.01. The van der Waals surface area contributed by atoms with Crippen LogP contribution in [0, 0.1) is 17.0 Å². The van der Waals surface area contributed by atoms with Gasteiger partial charge in [0.1, 0.15) is 24.3 Å². The summed E-state index contributed by atoms with van der Waals surface area (Å²) in [6.45, 7) is 4.62. The second kappa shape index (κ2) is 18.7. The van der Waals surface area contributed by atoms with Gasteiger partial charge < -0.3 is 36.0 Å². The van der Waals surface area contributed by atoms with Crippen LogP contribution in [0.2, 0.25) is 0 Å². The fourth-order valence-electron chi connectivity index (χ4n) is 5.68. The Bertz CT molecular complexity index is 1700. The van der Waals surface area contributed by atoms with Crippen molar-refractivity contribution in [3.05, 3.63) is 83.7 Å². The quantitative estimate of drug-likeness (QED) is 0.122. The molecule has 2 aromatic carbocycles. The third-order valence-electron chi connectivity index (χ3n) is 8.18. The van der Waals surface area contributed by atoms with Crippen LogP contribution < -0.4 is 16.4 Å². The van der Waals surface area contributed by atoms with Gasteiger partial charge in [0.25, 0.3) is 0 Å². The number of aliphatic hydroxyl groups excluding tert-OH is 1. The molecule has 0 aliphatic rings. The molecule has 0 aliphatic carbocycles. The smallest absolute Gasteiger partial charge is 0.326 e. The van der Waals surface area contributed by atoms with E-state index in [-0.39, 0.29) is 43.2 Å². The minimum atomic E-state index is -1.44. The molecular weight excluding hydrogens is 732 g/mol. The molecule has 276 valence electrons. The number of amides is 3. The van der Waals surface area contributed by atoms with E-state index in [2.05, 4.69) is 26.6 Å². The van der Waals surface area contributed by atoms with E-state index in [0.717, 1.165) is 23.8 Å². The second-order valence-electron chi connectivity index (χ2n) is 13.2. The molecule has 0 saturated heterocycles. The number of hydrogen-bond donors (Lipinski definition) is 5. The van der Waals surface area contributed by atoms with Gasteiger partial charge in [-0.15, -0.1) is 0 Å². The third-order valence-corrected chi connectivity index (χ3v) is 8.69. The molecule has 3 amide bonds. The average molecular weight is 777 g/mol. The number of carboxylic acid groups (broad SMARTS) is 1. The summed E-state index contributed by atoms with van der Waals surface area (Å²) in [6, 6.07) is 10.7. The van der Waals surface area contributed by atoms with Gasteiger partial charge in [-0.1, -0.05) is 67.0 Å². The van der Waals surface area contributed by atoms with Crippen molar-refractivity contribution in [1.82, 2.24) is 20.1 Å². The predicted molar refractivity (Wildman–Crippen MR) is 190 cm³/mol. The van der Waals surface area contributed by atoms with E-state index < -0.39 is 71.3 Å². The molecule has 1 aromatic heterocycles. The Morgan fingerprint density at radius 2 is 1.71 bits per heavy atom. The SMILES string of the molecule is CC(C)(C)[C@H](c1cc(-c2cc(F)ccc2F)cn1Cc1ccccc1)N(CC[C@H](N)C(=O)N[C@H](CCC(=O)CNC(=O)CBr)C(=O)O)C(=O)CO. The number of nitrogens with two attached hydrogens (primary N) is 1. The molecule has 0 bridgehead atoms. The van der Waals surface area contributed by atoms with E-state index >= 15 is 0 Å². The number of carbonyl (C=O) groups excluding carboxylic acids is 4. The van der Waals surface area contributed by atoms with Gasteiger partial charge in [-0.25, -0.2) is 13.6 Å². The van der Waals surface area contributed by atoms with Gasteiger partial charge in [-0.3, -0.25) is 19.2 Å². The van der Waals surface area contributed by atoms with Crippen molar-refractivity contribution in [2.24, 2.45) is 11.1 Å². The van der Waals surface area contributed by atoms with Crippen LogP contribution in [-0.4, -0.2) is 86.3 Å². The number of benzene rings is 2. The maximum absolute atomic E-state index is 15.0. The number of nitrogens with one attached hydrogen (secondary N) is 2. The summed E-state index contributed by atoms with van der Waals surface area (Å²) in [5, 5.41) is 24.4. The molecule has 0 saturated carbocycles. The van der Waals surface area contributed by atoms with Gasteiger partial charge in [0.15, 0.2) is 5.78 Å². The van der Waals surface area contributed by atoms with Gasteiger partial charge in [0, 0.05) is 42.5 Å². The Hall–Kier alpha value is -4.47. The third kappa shape index (κ3) is 11.8. The minimum Gasteiger partial charge on any atom is -0.480 e. The van der Waals surface area contributed by atoms with Crippen molar-refractivity contribution in [3.63, 3.8) is 0 Å². The molecule has 0 fully saturated rings. The minimum absolute atomic E-state index is 0.000169. The molecule has 3 aromatic rings. The summed E-state index contributed by atoms with van der Waals surface area (Å²) >= 11 is 2.96. The highest BCUT2D eigenvalue weighted by molar-refractivity contribution is 9.09. The first-order chi connectivity index (χ1) is 24.0. The second-order valence-corrected chi connectivity index (χ2v) is 13.7. The number of alkyl halides is 1. The molecule has 1 heterocycles. The van der Waals surface area contributed by atoms with E-state index in [4.69, 9.17) is 5.73 Å². The molecule has 0 radical (unpaired) electrons. The van der Waals surface area contributed by atoms with Crippen LogP contribution in [0.4, 0.5) is 8.78 Å². The van der Waals surface area contributed by atoms with Gasteiger partial charge in [0.05, 0.1) is 24.0 Å². The van der Waals surface area contributed by atoms with Crippen LogP contribution in [0.5, 0.6) is 0 Å². The van der Waals surface area contributed by atoms with Crippen molar-refractivity contribution < 1.29 is 43.0 Å².